The predicted octanol–water partition coefficient (Wildman–Crippen LogP) is 1.91. The Morgan fingerprint density at radius 1 is 1.14 bits per heavy atom. The maximum Gasteiger partial charge on any atom is 0.243 e. The lowest BCUT2D eigenvalue weighted by molar-refractivity contribution is -0.00506. The third kappa shape index (κ3) is 4.36. The van der Waals surface area contributed by atoms with Crippen molar-refractivity contribution < 1.29 is 17.5 Å². The molecule has 0 saturated carbocycles. The highest BCUT2D eigenvalue weighted by molar-refractivity contribution is 7.89. The molecular formula is C18H17FN6O3S. The van der Waals surface area contributed by atoms with Crippen LogP contribution < -0.4 is 5.32 Å². The zero-order valence-electron chi connectivity index (χ0n) is 15.1. The first-order valence-corrected chi connectivity index (χ1v) is 10.2. The maximum atomic E-state index is 13.1. The van der Waals surface area contributed by atoms with Gasteiger partial charge in [-0.1, -0.05) is 0 Å². The molecule has 1 atom stereocenters. The summed E-state index contributed by atoms with van der Waals surface area (Å²) in [6, 6.07) is 6.44. The average Bonchev–Trinajstić information content (AvgIpc) is 2.75. The van der Waals surface area contributed by atoms with Crippen LogP contribution in [0, 0.1) is 5.82 Å². The van der Waals surface area contributed by atoms with Crippen LogP contribution in [0.1, 0.15) is 11.8 Å². The van der Waals surface area contributed by atoms with Crippen molar-refractivity contribution in [1.29, 1.82) is 0 Å². The zero-order valence-corrected chi connectivity index (χ0v) is 16.0. The van der Waals surface area contributed by atoms with Gasteiger partial charge in [0, 0.05) is 25.5 Å². The monoisotopic (exact) mass is 416 g/mol. The Balaban J connectivity index is 1.52. The average molecular weight is 416 g/mol. The van der Waals surface area contributed by atoms with E-state index in [-0.39, 0.29) is 24.6 Å². The number of anilines is 2. The lowest BCUT2D eigenvalue weighted by atomic mass is 10.2. The van der Waals surface area contributed by atoms with Gasteiger partial charge in [-0.2, -0.15) is 4.31 Å². The fourth-order valence-corrected chi connectivity index (χ4v) is 4.28. The highest BCUT2D eigenvalue weighted by atomic mass is 32.2. The van der Waals surface area contributed by atoms with Crippen LogP contribution >= 0.6 is 0 Å². The molecule has 1 aliphatic rings. The molecule has 1 saturated heterocycles. The van der Waals surface area contributed by atoms with Crippen LogP contribution in [0.5, 0.6) is 0 Å². The summed E-state index contributed by atoms with van der Waals surface area (Å²) < 4.78 is 45.9. The van der Waals surface area contributed by atoms with Gasteiger partial charge in [-0.15, -0.1) is 0 Å². The van der Waals surface area contributed by atoms with E-state index in [2.05, 4.69) is 25.3 Å². The Bertz CT molecular complexity index is 1080. The lowest BCUT2D eigenvalue weighted by Gasteiger charge is -2.31. The Kier molecular flexibility index (Phi) is 5.43. The summed E-state index contributed by atoms with van der Waals surface area (Å²) in [5.74, 6) is 0.283. The molecular weight excluding hydrogens is 399 g/mol. The van der Waals surface area contributed by atoms with Gasteiger partial charge in [0.2, 0.25) is 16.0 Å². The first-order chi connectivity index (χ1) is 14.0. The molecule has 0 bridgehead atoms. The van der Waals surface area contributed by atoms with Gasteiger partial charge < -0.3 is 10.1 Å². The van der Waals surface area contributed by atoms with Gasteiger partial charge in [-0.3, -0.25) is 4.98 Å². The highest BCUT2D eigenvalue weighted by Gasteiger charge is 2.32. The fourth-order valence-electron chi connectivity index (χ4n) is 2.85. The summed E-state index contributed by atoms with van der Waals surface area (Å²) in [6.07, 6.45) is 5.63. The molecule has 0 radical (unpaired) electrons. The number of aromatic nitrogens is 4. The predicted molar refractivity (Wildman–Crippen MR) is 101 cm³/mol. The molecule has 1 N–H and O–H groups in total. The molecule has 0 amide bonds. The van der Waals surface area contributed by atoms with E-state index in [1.807, 2.05) is 0 Å². The minimum Gasteiger partial charge on any atom is -0.369 e. The van der Waals surface area contributed by atoms with Crippen LogP contribution in [0.4, 0.5) is 16.2 Å². The standard InChI is InChI=1S/C18H17FN6O3S/c19-13-2-4-14(5-3-13)29(26,27)25-8-9-28-16(12-25)15-10-20-11-17(23-15)24-18-21-6-1-7-22-18/h1-7,10-11,16H,8-9,12H2,(H,21,22,23,24)/t16-/m1/s1. The maximum absolute atomic E-state index is 13.1. The number of nitrogens with one attached hydrogen (secondary N) is 1. The quantitative estimate of drug-likeness (QED) is 0.672. The van der Waals surface area contributed by atoms with Crippen LogP contribution in [-0.4, -0.2) is 52.4 Å². The smallest absolute Gasteiger partial charge is 0.243 e. The molecule has 11 heteroatoms. The van der Waals surface area contributed by atoms with E-state index in [1.165, 1.54) is 28.8 Å². The van der Waals surface area contributed by atoms with E-state index in [9.17, 15) is 12.8 Å². The molecule has 1 fully saturated rings. The number of morpholine rings is 1. The molecule has 2 aromatic heterocycles. The first kappa shape index (κ1) is 19.3. The number of rotatable bonds is 5. The Morgan fingerprint density at radius 2 is 1.90 bits per heavy atom. The number of halogens is 1. The van der Waals surface area contributed by atoms with Gasteiger partial charge in [0.05, 0.1) is 29.6 Å². The number of benzene rings is 1. The molecule has 29 heavy (non-hydrogen) atoms. The molecule has 0 spiro atoms. The van der Waals surface area contributed by atoms with Gasteiger partial charge in [-0.25, -0.2) is 27.8 Å². The normalized spacial score (nSPS) is 17.8. The van der Waals surface area contributed by atoms with Crippen molar-refractivity contribution in [1.82, 2.24) is 24.2 Å². The lowest BCUT2D eigenvalue weighted by Crippen LogP contribution is -2.42. The molecule has 1 aliphatic heterocycles. The van der Waals surface area contributed by atoms with Crippen molar-refractivity contribution in [3.63, 3.8) is 0 Å². The van der Waals surface area contributed by atoms with Crippen molar-refractivity contribution in [3.8, 4) is 0 Å². The molecule has 3 aromatic rings. The molecule has 0 unspecified atom stereocenters. The van der Waals surface area contributed by atoms with Gasteiger partial charge in [0.25, 0.3) is 0 Å². The topological polar surface area (TPSA) is 110 Å². The Labute approximate surface area is 166 Å². The number of nitrogens with zero attached hydrogens (tertiary/aromatic N) is 5. The van der Waals surface area contributed by atoms with Gasteiger partial charge >= 0.3 is 0 Å². The largest absolute Gasteiger partial charge is 0.369 e. The molecule has 9 nitrogen and oxygen atoms in total. The summed E-state index contributed by atoms with van der Waals surface area (Å²) in [4.78, 5) is 16.7. The van der Waals surface area contributed by atoms with Crippen LogP contribution in [0.2, 0.25) is 0 Å². The zero-order chi connectivity index (χ0) is 20.3. The molecule has 0 aliphatic carbocycles. The van der Waals surface area contributed by atoms with E-state index in [0.717, 1.165) is 12.1 Å². The fraction of sp³-hybridized carbons (Fsp3) is 0.222. The van der Waals surface area contributed by atoms with Crippen LogP contribution in [0.15, 0.2) is 60.0 Å². The third-order valence-corrected chi connectivity index (χ3v) is 6.15. The number of hydrogen-bond donors (Lipinski definition) is 1. The summed E-state index contributed by atoms with van der Waals surface area (Å²) in [5.41, 5.74) is 0.477. The van der Waals surface area contributed by atoms with E-state index >= 15 is 0 Å². The summed E-state index contributed by atoms with van der Waals surface area (Å²) >= 11 is 0. The van der Waals surface area contributed by atoms with Crippen molar-refractivity contribution in [2.75, 3.05) is 25.0 Å². The molecule has 150 valence electrons. The Hall–Kier alpha value is -3.02. The first-order valence-electron chi connectivity index (χ1n) is 8.76. The minimum absolute atomic E-state index is 0.0299. The minimum atomic E-state index is -3.78. The number of sulfonamides is 1. The van der Waals surface area contributed by atoms with Crippen molar-refractivity contribution in [2.45, 2.75) is 11.0 Å². The van der Waals surface area contributed by atoms with Crippen molar-refractivity contribution >= 4 is 21.8 Å². The van der Waals surface area contributed by atoms with Gasteiger partial charge in [-0.05, 0) is 30.3 Å². The van der Waals surface area contributed by atoms with Crippen molar-refractivity contribution in [3.05, 3.63) is 66.6 Å². The number of ether oxygens (including phenoxy) is 1. The highest BCUT2D eigenvalue weighted by Crippen LogP contribution is 2.26. The second-order valence-electron chi connectivity index (χ2n) is 6.20. The Morgan fingerprint density at radius 3 is 2.66 bits per heavy atom. The SMILES string of the molecule is O=S(=O)(c1ccc(F)cc1)N1CCO[C@@H](c2cncc(Nc3ncccn3)n2)C1. The summed E-state index contributed by atoms with van der Waals surface area (Å²) in [5, 5.41) is 2.94. The number of hydrogen-bond acceptors (Lipinski definition) is 8. The molecule has 4 rings (SSSR count). The second kappa shape index (κ2) is 8.15. The van der Waals surface area contributed by atoms with Crippen LogP contribution in [0.3, 0.4) is 0 Å². The molecule has 3 heterocycles. The van der Waals surface area contributed by atoms with E-state index < -0.39 is 21.9 Å². The molecule has 1 aromatic carbocycles. The van der Waals surface area contributed by atoms with E-state index in [4.69, 9.17) is 4.74 Å². The summed E-state index contributed by atoms with van der Waals surface area (Å²) in [7, 11) is -3.78. The third-order valence-electron chi connectivity index (χ3n) is 4.27. The summed E-state index contributed by atoms with van der Waals surface area (Å²) in [6.45, 7) is 0.464. The van der Waals surface area contributed by atoms with Crippen LogP contribution in [0.25, 0.3) is 0 Å². The van der Waals surface area contributed by atoms with E-state index in [0.29, 0.717) is 17.5 Å². The second-order valence-corrected chi connectivity index (χ2v) is 8.14. The van der Waals surface area contributed by atoms with Crippen LogP contribution in [-0.2, 0) is 14.8 Å². The van der Waals surface area contributed by atoms with Gasteiger partial charge in [0.1, 0.15) is 11.9 Å². The van der Waals surface area contributed by atoms with Crippen molar-refractivity contribution in [2.24, 2.45) is 0 Å². The van der Waals surface area contributed by atoms with Gasteiger partial charge in [0.15, 0.2) is 5.82 Å². The van der Waals surface area contributed by atoms with E-state index in [1.54, 1.807) is 18.5 Å².